The van der Waals surface area contributed by atoms with E-state index in [4.69, 9.17) is 9.72 Å². The lowest BCUT2D eigenvalue weighted by molar-refractivity contribution is 0.156. The van der Waals surface area contributed by atoms with E-state index in [9.17, 15) is 0 Å². The summed E-state index contributed by atoms with van der Waals surface area (Å²) in [6.07, 6.45) is 7.76. The highest BCUT2D eigenvalue weighted by Gasteiger charge is 2.44. The minimum absolute atomic E-state index is 0.0230. The first-order chi connectivity index (χ1) is 10.9. The summed E-state index contributed by atoms with van der Waals surface area (Å²) in [6, 6.07) is 0.433. The third kappa shape index (κ3) is 2.20. The minimum Gasteiger partial charge on any atom is -0.483 e. The first-order valence-electron chi connectivity index (χ1n) is 8.70. The average molecular weight is 314 g/mol. The van der Waals surface area contributed by atoms with Gasteiger partial charge in [-0.15, -0.1) is 0 Å². The van der Waals surface area contributed by atoms with Crippen molar-refractivity contribution in [3.8, 4) is 5.75 Å². The van der Waals surface area contributed by atoms with E-state index in [0.29, 0.717) is 12.0 Å². The SMILES string of the molecule is CC(C)c1cnn2cc3c(nc12)N(C(C)(C)C)[C@@H]1CCC[C@H]1O3. The van der Waals surface area contributed by atoms with Crippen LogP contribution in [-0.4, -0.2) is 32.3 Å². The fourth-order valence-electron chi connectivity index (χ4n) is 4.04. The Morgan fingerprint density at radius 2 is 2.04 bits per heavy atom. The van der Waals surface area contributed by atoms with Crippen molar-refractivity contribution in [2.45, 2.75) is 77.5 Å². The smallest absolute Gasteiger partial charge is 0.180 e. The van der Waals surface area contributed by atoms with Crippen LogP contribution >= 0.6 is 0 Å². The highest BCUT2D eigenvalue weighted by molar-refractivity contribution is 5.63. The van der Waals surface area contributed by atoms with Crippen molar-refractivity contribution in [1.82, 2.24) is 14.6 Å². The molecule has 23 heavy (non-hydrogen) atoms. The molecule has 1 aliphatic carbocycles. The van der Waals surface area contributed by atoms with Crippen molar-refractivity contribution in [3.05, 3.63) is 18.0 Å². The predicted octanol–water partition coefficient (Wildman–Crippen LogP) is 3.77. The van der Waals surface area contributed by atoms with E-state index in [1.165, 1.54) is 18.4 Å². The Balaban J connectivity index is 1.92. The van der Waals surface area contributed by atoms with Crippen LogP contribution in [0.3, 0.4) is 0 Å². The largest absolute Gasteiger partial charge is 0.483 e. The van der Waals surface area contributed by atoms with Crippen molar-refractivity contribution in [1.29, 1.82) is 0 Å². The van der Waals surface area contributed by atoms with E-state index in [1.54, 1.807) is 0 Å². The van der Waals surface area contributed by atoms with Crippen molar-refractivity contribution in [2.24, 2.45) is 0 Å². The fraction of sp³-hybridized carbons (Fsp3) is 0.667. The van der Waals surface area contributed by atoms with Crippen LogP contribution in [0.25, 0.3) is 5.65 Å². The maximum atomic E-state index is 6.29. The number of fused-ring (bicyclic) bond motifs is 3. The summed E-state index contributed by atoms with van der Waals surface area (Å²) < 4.78 is 8.16. The van der Waals surface area contributed by atoms with Crippen LogP contribution in [-0.2, 0) is 0 Å². The van der Waals surface area contributed by atoms with Gasteiger partial charge in [0.1, 0.15) is 6.10 Å². The van der Waals surface area contributed by atoms with Crippen LogP contribution in [0, 0.1) is 0 Å². The molecule has 1 fully saturated rings. The monoisotopic (exact) mass is 314 g/mol. The number of ether oxygens (including phenoxy) is 1. The number of hydrogen-bond donors (Lipinski definition) is 0. The Kier molecular flexibility index (Phi) is 3.12. The van der Waals surface area contributed by atoms with Gasteiger partial charge in [0, 0.05) is 11.1 Å². The molecule has 0 radical (unpaired) electrons. The molecule has 1 aliphatic heterocycles. The van der Waals surface area contributed by atoms with E-state index in [2.05, 4.69) is 44.6 Å². The molecule has 4 rings (SSSR count). The van der Waals surface area contributed by atoms with E-state index >= 15 is 0 Å². The van der Waals surface area contributed by atoms with E-state index in [0.717, 1.165) is 23.6 Å². The molecular weight excluding hydrogens is 288 g/mol. The topological polar surface area (TPSA) is 42.7 Å². The summed E-state index contributed by atoms with van der Waals surface area (Å²) in [5.41, 5.74) is 2.16. The molecule has 2 aliphatic rings. The molecule has 0 amide bonds. The van der Waals surface area contributed by atoms with Gasteiger partial charge in [0.25, 0.3) is 0 Å². The molecule has 124 valence electrons. The molecule has 5 heteroatoms. The molecule has 0 N–H and O–H groups in total. The number of rotatable bonds is 1. The van der Waals surface area contributed by atoms with E-state index in [1.807, 2.05) is 16.9 Å². The summed E-state index contributed by atoms with van der Waals surface area (Å²) in [6.45, 7) is 11.2. The molecule has 2 aromatic heterocycles. The van der Waals surface area contributed by atoms with E-state index < -0.39 is 0 Å². The zero-order chi connectivity index (χ0) is 16.4. The predicted molar refractivity (Wildman–Crippen MR) is 91.4 cm³/mol. The summed E-state index contributed by atoms with van der Waals surface area (Å²) >= 11 is 0. The summed E-state index contributed by atoms with van der Waals surface area (Å²) in [5, 5.41) is 4.48. The second kappa shape index (κ2) is 4.86. The first kappa shape index (κ1) is 14.8. The fourth-order valence-corrected chi connectivity index (χ4v) is 4.04. The normalized spacial score (nSPS) is 24.0. The highest BCUT2D eigenvalue weighted by atomic mass is 16.5. The molecule has 5 nitrogen and oxygen atoms in total. The standard InChI is InChI=1S/C18H26N4O/c1-11(2)12-9-19-21-10-15-17(20-16(12)21)22(18(3,4)5)13-7-6-8-14(13)23-15/h9-11,13-14H,6-8H2,1-5H3/t13-,14-/m1/s1. The minimum atomic E-state index is 0.0230. The lowest BCUT2D eigenvalue weighted by atomic mass is 9.99. The van der Waals surface area contributed by atoms with Crippen molar-refractivity contribution in [3.63, 3.8) is 0 Å². The van der Waals surface area contributed by atoms with Gasteiger partial charge >= 0.3 is 0 Å². The van der Waals surface area contributed by atoms with Gasteiger partial charge in [-0.25, -0.2) is 9.50 Å². The molecule has 1 saturated carbocycles. The van der Waals surface area contributed by atoms with Gasteiger partial charge in [0.15, 0.2) is 17.2 Å². The molecule has 0 spiro atoms. The van der Waals surface area contributed by atoms with Crippen LogP contribution in [0.1, 0.15) is 65.4 Å². The van der Waals surface area contributed by atoms with Gasteiger partial charge in [-0.2, -0.15) is 5.10 Å². The summed E-state index contributed by atoms with van der Waals surface area (Å²) in [7, 11) is 0. The molecule has 0 saturated heterocycles. The van der Waals surface area contributed by atoms with Gasteiger partial charge in [0.05, 0.1) is 18.4 Å². The second-order valence-electron chi connectivity index (χ2n) is 8.15. The number of nitrogens with zero attached hydrogens (tertiary/aromatic N) is 4. The second-order valence-corrected chi connectivity index (χ2v) is 8.15. The highest BCUT2D eigenvalue weighted by Crippen LogP contribution is 2.44. The lowest BCUT2D eigenvalue weighted by Crippen LogP contribution is -2.55. The van der Waals surface area contributed by atoms with Crippen LogP contribution in [0.5, 0.6) is 5.75 Å². The Morgan fingerprint density at radius 1 is 1.26 bits per heavy atom. The Morgan fingerprint density at radius 3 is 2.74 bits per heavy atom. The van der Waals surface area contributed by atoms with Crippen molar-refractivity contribution in [2.75, 3.05) is 4.90 Å². The maximum Gasteiger partial charge on any atom is 0.180 e. The molecular formula is C18H26N4O. The van der Waals surface area contributed by atoms with Gasteiger partial charge < -0.3 is 9.64 Å². The summed E-state index contributed by atoms with van der Waals surface area (Å²) in [4.78, 5) is 7.49. The van der Waals surface area contributed by atoms with Crippen LogP contribution < -0.4 is 9.64 Å². The number of anilines is 1. The molecule has 2 atom stereocenters. The molecule has 0 aromatic carbocycles. The van der Waals surface area contributed by atoms with Crippen molar-refractivity contribution < 1.29 is 4.74 Å². The third-order valence-corrected chi connectivity index (χ3v) is 5.07. The molecule has 3 heterocycles. The van der Waals surface area contributed by atoms with Crippen molar-refractivity contribution >= 4 is 11.5 Å². The van der Waals surface area contributed by atoms with E-state index in [-0.39, 0.29) is 11.6 Å². The number of hydrogen-bond acceptors (Lipinski definition) is 4. The van der Waals surface area contributed by atoms with Crippen LogP contribution in [0.4, 0.5) is 5.82 Å². The van der Waals surface area contributed by atoms with Gasteiger partial charge in [-0.3, -0.25) is 0 Å². The Bertz CT molecular complexity index is 743. The number of aromatic nitrogens is 3. The van der Waals surface area contributed by atoms with Gasteiger partial charge in [-0.1, -0.05) is 13.8 Å². The van der Waals surface area contributed by atoms with Crippen LogP contribution in [0.2, 0.25) is 0 Å². The third-order valence-electron chi connectivity index (χ3n) is 5.07. The van der Waals surface area contributed by atoms with Crippen LogP contribution in [0.15, 0.2) is 12.4 Å². The Labute approximate surface area is 137 Å². The zero-order valence-corrected chi connectivity index (χ0v) is 14.7. The molecule has 2 aromatic rings. The zero-order valence-electron chi connectivity index (χ0n) is 14.7. The van der Waals surface area contributed by atoms with Gasteiger partial charge in [-0.05, 0) is 46.0 Å². The first-order valence-corrected chi connectivity index (χ1v) is 8.70. The molecule has 0 unspecified atom stereocenters. The quantitative estimate of drug-likeness (QED) is 0.803. The lowest BCUT2D eigenvalue weighted by Gasteiger charge is -2.47. The maximum absolute atomic E-state index is 6.29. The summed E-state index contributed by atoms with van der Waals surface area (Å²) in [5.74, 6) is 2.26. The molecule has 0 bridgehead atoms. The average Bonchev–Trinajstić information content (AvgIpc) is 3.06. The van der Waals surface area contributed by atoms with Gasteiger partial charge in [0.2, 0.25) is 0 Å². The Hall–Kier alpha value is -1.78.